The van der Waals surface area contributed by atoms with Gasteiger partial charge in [-0.25, -0.2) is 0 Å². The molecule has 1 atom stereocenters. The number of thioether (sulfide) groups is 1. The zero-order valence-corrected chi connectivity index (χ0v) is 19.3. The van der Waals surface area contributed by atoms with E-state index >= 15 is 0 Å². The van der Waals surface area contributed by atoms with E-state index in [0.29, 0.717) is 5.56 Å². The maximum atomic E-state index is 13.8. The molecule has 2 aliphatic heterocycles. The summed E-state index contributed by atoms with van der Waals surface area (Å²) in [4.78, 5) is 14.9. The molecule has 1 aliphatic carbocycles. The second kappa shape index (κ2) is 7.75. The van der Waals surface area contributed by atoms with Crippen molar-refractivity contribution in [2.24, 2.45) is 11.1 Å². The lowest BCUT2D eigenvalue weighted by molar-refractivity contribution is -0.228. The first kappa shape index (κ1) is 22.7. The number of nitrogens with zero attached hydrogens (tertiary/aromatic N) is 1. The molecule has 176 valence electrons. The number of carbonyl (C=O) groups excluding carboxylic acids is 1. The Morgan fingerprint density at radius 1 is 1.06 bits per heavy atom. The fourth-order valence-electron chi connectivity index (χ4n) is 6.03. The van der Waals surface area contributed by atoms with Gasteiger partial charge in [-0.15, -0.1) is 11.8 Å². The van der Waals surface area contributed by atoms with Gasteiger partial charge < -0.3 is 10.5 Å². The monoisotopic (exact) mass is 476 g/mol. The molecule has 8 heteroatoms. The van der Waals surface area contributed by atoms with Crippen molar-refractivity contribution in [1.82, 2.24) is 4.90 Å². The van der Waals surface area contributed by atoms with Crippen LogP contribution in [0.2, 0.25) is 0 Å². The number of alkyl halides is 3. The van der Waals surface area contributed by atoms with Crippen LogP contribution >= 0.6 is 11.8 Å². The number of halogens is 3. The summed E-state index contributed by atoms with van der Waals surface area (Å²) in [5, 5.41) is 0. The molecule has 0 radical (unpaired) electrons. The zero-order valence-electron chi connectivity index (χ0n) is 18.5. The van der Waals surface area contributed by atoms with Gasteiger partial charge in [0, 0.05) is 29.6 Å². The number of nitrogens with two attached hydrogens (primary N) is 1. The van der Waals surface area contributed by atoms with Gasteiger partial charge in [0.25, 0.3) is 0 Å². The largest absolute Gasteiger partial charge is 0.416 e. The Hall–Kier alpha value is -2.03. The summed E-state index contributed by atoms with van der Waals surface area (Å²) >= 11 is 1.51. The van der Waals surface area contributed by atoms with Crippen LogP contribution in [0.3, 0.4) is 0 Å². The fourth-order valence-corrected chi connectivity index (χ4v) is 7.51. The van der Waals surface area contributed by atoms with Gasteiger partial charge in [-0.2, -0.15) is 13.2 Å². The number of benzene rings is 2. The average Bonchev–Trinajstić information content (AvgIpc) is 2.69. The highest BCUT2D eigenvalue weighted by Crippen LogP contribution is 2.63. The van der Waals surface area contributed by atoms with Crippen LogP contribution in [0.25, 0.3) is 0 Å². The molecular weight excluding hydrogens is 449 g/mol. The molecule has 2 aromatic rings. The first-order valence-electron chi connectivity index (χ1n) is 11.1. The van der Waals surface area contributed by atoms with E-state index in [4.69, 9.17) is 10.5 Å². The Morgan fingerprint density at radius 3 is 2.18 bits per heavy atom. The highest BCUT2D eigenvalue weighted by molar-refractivity contribution is 7.99. The average molecular weight is 477 g/mol. The Balaban J connectivity index is 1.75. The van der Waals surface area contributed by atoms with Crippen LogP contribution in [0, 0.1) is 5.41 Å². The van der Waals surface area contributed by atoms with Crippen LogP contribution in [0.4, 0.5) is 13.2 Å². The van der Waals surface area contributed by atoms with E-state index in [2.05, 4.69) is 4.90 Å². The van der Waals surface area contributed by atoms with Crippen LogP contribution in [0.1, 0.15) is 46.3 Å². The van der Waals surface area contributed by atoms with E-state index in [0.717, 1.165) is 63.3 Å². The van der Waals surface area contributed by atoms with E-state index in [-0.39, 0.29) is 11.0 Å². The summed E-state index contributed by atoms with van der Waals surface area (Å²) < 4.78 is 46.1. The van der Waals surface area contributed by atoms with E-state index in [1.165, 1.54) is 17.8 Å². The van der Waals surface area contributed by atoms with Crippen LogP contribution in [-0.2, 0) is 15.7 Å². The smallest absolute Gasteiger partial charge is 0.380 e. The summed E-state index contributed by atoms with van der Waals surface area (Å²) in [5.41, 5.74) is 6.12. The molecule has 0 aromatic heterocycles. The molecule has 2 saturated heterocycles. The lowest BCUT2D eigenvalue weighted by atomic mass is 9.58. The summed E-state index contributed by atoms with van der Waals surface area (Å²) in [6.07, 6.45) is 0.0744. The van der Waals surface area contributed by atoms with Crippen molar-refractivity contribution in [1.29, 1.82) is 0 Å². The predicted molar refractivity (Wildman–Crippen MR) is 122 cm³/mol. The SMILES string of the molecule is CSC(c1ccccc1)(c1cc(C(F)(F)F)ccc1C(N)=O)C1(N2CC3(COC3)C2)CCC1. The lowest BCUT2D eigenvalue weighted by Crippen LogP contribution is -2.77. The highest BCUT2D eigenvalue weighted by atomic mass is 32.2. The minimum Gasteiger partial charge on any atom is -0.380 e. The first-order chi connectivity index (χ1) is 15.7. The third-order valence-corrected chi connectivity index (χ3v) is 9.24. The van der Waals surface area contributed by atoms with Gasteiger partial charge >= 0.3 is 6.18 Å². The van der Waals surface area contributed by atoms with Gasteiger partial charge in [0.1, 0.15) is 0 Å². The van der Waals surface area contributed by atoms with Crippen molar-refractivity contribution in [3.63, 3.8) is 0 Å². The van der Waals surface area contributed by atoms with Gasteiger partial charge in [0.2, 0.25) is 5.91 Å². The Bertz CT molecular complexity index is 1060. The Labute approximate surface area is 195 Å². The standard InChI is InChI=1S/C25H27F3N2O2S/c1-33-24(17-6-3-2-4-7-17,20-12-18(25(26,27)28)8-9-19(20)21(29)31)23(10-5-11-23)30-13-22(14-30)15-32-16-22/h2-4,6-9,12H,5,10-11,13-16H2,1H3,(H2,29,31). The Morgan fingerprint density at radius 2 is 1.73 bits per heavy atom. The van der Waals surface area contributed by atoms with Crippen molar-refractivity contribution in [2.45, 2.75) is 35.7 Å². The molecule has 33 heavy (non-hydrogen) atoms. The Kier molecular flexibility index (Phi) is 5.34. The van der Waals surface area contributed by atoms with E-state index in [1.807, 2.05) is 36.6 Å². The minimum absolute atomic E-state index is 0.148. The third kappa shape index (κ3) is 3.25. The third-order valence-electron chi connectivity index (χ3n) is 7.79. The molecule has 1 unspecified atom stereocenters. The topological polar surface area (TPSA) is 55.6 Å². The maximum Gasteiger partial charge on any atom is 0.416 e. The predicted octanol–water partition coefficient (Wildman–Crippen LogP) is 4.67. The van der Waals surface area contributed by atoms with Gasteiger partial charge in [0.15, 0.2) is 0 Å². The molecule has 4 nitrogen and oxygen atoms in total. The molecule has 5 rings (SSSR count). The quantitative estimate of drug-likeness (QED) is 0.659. The van der Waals surface area contributed by atoms with Crippen molar-refractivity contribution >= 4 is 17.7 Å². The van der Waals surface area contributed by atoms with Crippen molar-refractivity contribution in [3.8, 4) is 0 Å². The van der Waals surface area contributed by atoms with Crippen LogP contribution in [0.15, 0.2) is 48.5 Å². The molecule has 1 amide bonds. The van der Waals surface area contributed by atoms with Gasteiger partial charge in [0.05, 0.1) is 23.5 Å². The highest BCUT2D eigenvalue weighted by Gasteiger charge is 2.65. The van der Waals surface area contributed by atoms with E-state index in [1.54, 1.807) is 0 Å². The number of amides is 1. The van der Waals surface area contributed by atoms with Crippen molar-refractivity contribution < 1.29 is 22.7 Å². The van der Waals surface area contributed by atoms with E-state index < -0.39 is 27.9 Å². The lowest BCUT2D eigenvalue weighted by Gasteiger charge is -2.69. The molecule has 1 spiro atoms. The van der Waals surface area contributed by atoms with Crippen molar-refractivity contribution in [2.75, 3.05) is 32.6 Å². The van der Waals surface area contributed by atoms with Crippen LogP contribution in [0.5, 0.6) is 0 Å². The van der Waals surface area contributed by atoms with Crippen molar-refractivity contribution in [3.05, 3.63) is 70.8 Å². The number of rotatable bonds is 6. The number of hydrogen-bond donors (Lipinski definition) is 1. The molecule has 1 saturated carbocycles. The molecule has 2 aromatic carbocycles. The zero-order chi connectivity index (χ0) is 23.5. The first-order valence-corrected chi connectivity index (χ1v) is 12.4. The summed E-state index contributed by atoms with van der Waals surface area (Å²) in [7, 11) is 0. The molecular formula is C25H27F3N2O2S. The maximum absolute atomic E-state index is 13.8. The number of hydrogen-bond acceptors (Lipinski definition) is 4. The fraction of sp³-hybridized carbons (Fsp3) is 0.480. The van der Waals surface area contributed by atoms with Gasteiger partial charge in [-0.1, -0.05) is 30.3 Å². The van der Waals surface area contributed by atoms with E-state index in [9.17, 15) is 18.0 Å². The van der Waals surface area contributed by atoms with Crippen LogP contribution in [-0.4, -0.2) is 48.9 Å². The molecule has 3 aliphatic rings. The van der Waals surface area contributed by atoms with Gasteiger partial charge in [-0.05, 0) is 54.8 Å². The van der Waals surface area contributed by atoms with Gasteiger partial charge in [-0.3, -0.25) is 9.69 Å². The number of ether oxygens (including phenoxy) is 1. The molecule has 0 bridgehead atoms. The molecule has 2 heterocycles. The second-order valence-corrected chi connectivity index (χ2v) is 10.6. The normalized spacial score (nSPS) is 23.2. The number of likely N-dealkylation sites (tertiary alicyclic amines) is 1. The molecule has 2 N–H and O–H groups in total. The molecule has 3 fully saturated rings. The summed E-state index contributed by atoms with van der Waals surface area (Å²) in [6, 6.07) is 13.0. The minimum atomic E-state index is -4.53. The number of primary amides is 1. The summed E-state index contributed by atoms with van der Waals surface area (Å²) in [6.45, 7) is 3.17. The number of carbonyl (C=O) groups is 1. The second-order valence-electron chi connectivity index (χ2n) is 9.61. The summed E-state index contributed by atoms with van der Waals surface area (Å²) in [5.74, 6) is -0.713. The van der Waals surface area contributed by atoms with Crippen LogP contribution < -0.4 is 5.73 Å².